The molecule has 4 nitrogen and oxygen atoms in total. The maximum Gasteiger partial charge on any atom is 0.342 e. The maximum absolute atomic E-state index is 12.8. The number of methoxy groups -OCH3 is 1. The van der Waals surface area contributed by atoms with Gasteiger partial charge in [0.05, 0.1) is 13.7 Å². The lowest BCUT2D eigenvalue weighted by molar-refractivity contribution is 0.0521. The minimum absolute atomic E-state index is 0.256. The van der Waals surface area contributed by atoms with E-state index in [1.807, 2.05) is 48.6 Å². The molecule has 2 aromatic carbocycles. The van der Waals surface area contributed by atoms with Crippen LogP contribution in [0.15, 0.2) is 61.7 Å². The fourth-order valence-electron chi connectivity index (χ4n) is 2.81. The SMILES string of the molecule is C=CCOc1c(CC=C)c(OC)cc(C=Cc2ccccc2)c1C(=O)OCC. The van der Waals surface area contributed by atoms with E-state index in [1.165, 1.54) is 0 Å². The van der Waals surface area contributed by atoms with Crippen LogP contribution in [0, 0.1) is 0 Å². The van der Waals surface area contributed by atoms with Gasteiger partial charge in [-0.2, -0.15) is 0 Å². The number of carbonyl (C=O) groups excluding carboxylic acids is 1. The fourth-order valence-corrected chi connectivity index (χ4v) is 2.81. The van der Waals surface area contributed by atoms with Crippen molar-refractivity contribution in [2.24, 2.45) is 0 Å². The van der Waals surface area contributed by atoms with Gasteiger partial charge in [0.25, 0.3) is 0 Å². The van der Waals surface area contributed by atoms with Crippen molar-refractivity contribution >= 4 is 18.1 Å². The van der Waals surface area contributed by atoms with E-state index < -0.39 is 5.97 Å². The van der Waals surface area contributed by atoms with Crippen molar-refractivity contribution in [3.8, 4) is 11.5 Å². The second-order valence-electron chi connectivity index (χ2n) is 5.91. The van der Waals surface area contributed by atoms with Crippen LogP contribution in [0.3, 0.4) is 0 Å². The first-order chi connectivity index (χ1) is 13.7. The molecule has 0 amide bonds. The number of hydrogen-bond donors (Lipinski definition) is 0. The zero-order chi connectivity index (χ0) is 20.4. The van der Waals surface area contributed by atoms with E-state index in [1.54, 1.807) is 26.2 Å². The van der Waals surface area contributed by atoms with Gasteiger partial charge in [-0.15, -0.1) is 6.58 Å². The van der Waals surface area contributed by atoms with E-state index in [2.05, 4.69) is 13.2 Å². The molecule has 0 aliphatic heterocycles. The Labute approximate surface area is 166 Å². The maximum atomic E-state index is 12.8. The lowest BCUT2D eigenvalue weighted by Gasteiger charge is -2.19. The van der Waals surface area contributed by atoms with Gasteiger partial charge >= 0.3 is 5.97 Å². The molecule has 0 atom stereocenters. The molecule has 0 bridgehead atoms. The predicted octanol–water partition coefficient (Wildman–Crippen LogP) is 5.34. The number of rotatable bonds is 10. The largest absolute Gasteiger partial charge is 0.496 e. The molecule has 2 rings (SSSR count). The molecule has 0 saturated carbocycles. The van der Waals surface area contributed by atoms with Gasteiger partial charge in [0.1, 0.15) is 23.7 Å². The second kappa shape index (κ2) is 10.8. The summed E-state index contributed by atoms with van der Waals surface area (Å²) in [5.74, 6) is 0.618. The lowest BCUT2D eigenvalue weighted by atomic mass is 9.97. The van der Waals surface area contributed by atoms with Crippen molar-refractivity contribution in [2.45, 2.75) is 13.3 Å². The second-order valence-corrected chi connectivity index (χ2v) is 5.91. The highest BCUT2D eigenvalue weighted by atomic mass is 16.5. The van der Waals surface area contributed by atoms with Crippen LogP contribution in [0.2, 0.25) is 0 Å². The molecule has 0 aliphatic carbocycles. The summed E-state index contributed by atoms with van der Waals surface area (Å²) in [7, 11) is 1.59. The highest BCUT2D eigenvalue weighted by Crippen LogP contribution is 2.37. The van der Waals surface area contributed by atoms with Gasteiger partial charge in [0, 0.05) is 5.56 Å². The highest BCUT2D eigenvalue weighted by molar-refractivity contribution is 5.99. The van der Waals surface area contributed by atoms with Crippen molar-refractivity contribution in [1.82, 2.24) is 0 Å². The Kier molecular flexibility index (Phi) is 8.10. The molecule has 0 saturated heterocycles. The Morgan fingerprint density at radius 2 is 1.86 bits per heavy atom. The Hall–Kier alpha value is -3.27. The Bertz CT molecular complexity index is 851. The molecule has 0 radical (unpaired) electrons. The first kappa shape index (κ1) is 21.0. The topological polar surface area (TPSA) is 44.8 Å². The van der Waals surface area contributed by atoms with Crippen LogP contribution in [0.5, 0.6) is 11.5 Å². The van der Waals surface area contributed by atoms with E-state index in [9.17, 15) is 4.79 Å². The van der Waals surface area contributed by atoms with Crippen LogP contribution in [-0.4, -0.2) is 26.3 Å². The third kappa shape index (κ3) is 5.13. The van der Waals surface area contributed by atoms with Crippen molar-refractivity contribution in [3.05, 3.63) is 84.0 Å². The third-order valence-corrected chi connectivity index (χ3v) is 4.02. The van der Waals surface area contributed by atoms with Gasteiger partial charge in [-0.25, -0.2) is 4.79 Å². The van der Waals surface area contributed by atoms with Crippen molar-refractivity contribution in [2.75, 3.05) is 20.3 Å². The molecule has 0 heterocycles. The number of benzene rings is 2. The summed E-state index contributed by atoms with van der Waals surface area (Å²) < 4.78 is 16.8. The van der Waals surface area contributed by atoms with Crippen molar-refractivity contribution in [1.29, 1.82) is 0 Å². The van der Waals surface area contributed by atoms with Gasteiger partial charge in [0.2, 0.25) is 0 Å². The van der Waals surface area contributed by atoms with E-state index in [0.29, 0.717) is 29.0 Å². The Morgan fingerprint density at radius 1 is 1.11 bits per heavy atom. The Balaban J connectivity index is 2.69. The minimum Gasteiger partial charge on any atom is -0.496 e. The van der Waals surface area contributed by atoms with Crippen LogP contribution in [-0.2, 0) is 11.2 Å². The van der Waals surface area contributed by atoms with Crippen LogP contribution in [0.1, 0.15) is 34.0 Å². The zero-order valence-electron chi connectivity index (χ0n) is 16.4. The van der Waals surface area contributed by atoms with Gasteiger partial charge < -0.3 is 14.2 Å². The number of esters is 1. The lowest BCUT2D eigenvalue weighted by Crippen LogP contribution is -2.13. The summed E-state index contributed by atoms with van der Waals surface area (Å²) in [6.45, 7) is 9.79. The normalized spacial score (nSPS) is 10.5. The molecule has 146 valence electrons. The molecule has 4 heteroatoms. The zero-order valence-corrected chi connectivity index (χ0v) is 16.4. The molecule has 0 N–H and O–H groups in total. The molecule has 0 aromatic heterocycles. The van der Waals surface area contributed by atoms with Crippen LogP contribution in [0.25, 0.3) is 12.2 Å². The molecule has 0 aliphatic rings. The summed E-state index contributed by atoms with van der Waals surface area (Å²) >= 11 is 0. The quantitative estimate of drug-likeness (QED) is 0.318. The average molecular weight is 378 g/mol. The predicted molar refractivity (Wildman–Crippen MR) is 114 cm³/mol. The number of carbonyl (C=O) groups is 1. The molecule has 0 spiro atoms. The number of allylic oxidation sites excluding steroid dienone is 1. The molecule has 28 heavy (non-hydrogen) atoms. The van der Waals surface area contributed by atoms with Crippen molar-refractivity contribution < 1.29 is 19.0 Å². The highest BCUT2D eigenvalue weighted by Gasteiger charge is 2.24. The van der Waals surface area contributed by atoms with Crippen LogP contribution in [0.4, 0.5) is 0 Å². The molecule has 0 unspecified atom stereocenters. The fraction of sp³-hybridized carbons (Fsp3) is 0.208. The molecule has 2 aromatic rings. The number of hydrogen-bond acceptors (Lipinski definition) is 4. The first-order valence-corrected chi connectivity index (χ1v) is 9.14. The van der Waals surface area contributed by atoms with Crippen LogP contribution < -0.4 is 9.47 Å². The van der Waals surface area contributed by atoms with E-state index in [0.717, 1.165) is 11.1 Å². The van der Waals surface area contributed by atoms with Gasteiger partial charge in [-0.05, 0) is 30.5 Å². The average Bonchev–Trinajstić information content (AvgIpc) is 2.72. The summed E-state index contributed by atoms with van der Waals surface area (Å²) in [5, 5.41) is 0. The molecule has 0 fully saturated rings. The number of ether oxygens (including phenoxy) is 3. The van der Waals surface area contributed by atoms with E-state index in [4.69, 9.17) is 14.2 Å². The van der Waals surface area contributed by atoms with Gasteiger partial charge in [-0.3, -0.25) is 0 Å². The monoisotopic (exact) mass is 378 g/mol. The van der Waals surface area contributed by atoms with Crippen molar-refractivity contribution in [3.63, 3.8) is 0 Å². The Morgan fingerprint density at radius 3 is 2.46 bits per heavy atom. The first-order valence-electron chi connectivity index (χ1n) is 9.14. The summed E-state index contributed by atoms with van der Waals surface area (Å²) in [6.07, 6.45) is 7.66. The third-order valence-electron chi connectivity index (χ3n) is 4.02. The standard InChI is InChI=1S/C24H26O4/c1-5-11-20-21(26-4)17-19(15-14-18-12-9-8-10-13-18)22(24(25)27-7-3)23(20)28-16-6-2/h5-6,8-10,12-15,17H,1-2,7,11,16H2,3-4H3. The summed E-state index contributed by atoms with van der Waals surface area (Å²) in [6, 6.07) is 11.7. The van der Waals surface area contributed by atoms with E-state index >= 15 is 0 Å². The molecular weight excluding hydrogens is 352 g/mol. The van der Waals surface area contributed by atoms with Gasteiger partial charge in [-0.1, -0.05) is 61.2 Å². The van der Waals surface area contributed by atoms with E-state index in [-0.39, 0.29) is 13.2 Å². The summed E-state index contributed by atoms with van der Waals surface area (Å²) in [5.41, 5.74) is 2.79. The molecular formula is C24H26O4. The minimum atomic E-state index is -0.442. The smallest absolute Gasteiger partial charge is 0.342 e. The van der Waals surface area contributed by atoms with Crippen LogP contribution >= 0.6 is 0 Å². The summed E-state index contributed by atoms with van der Waals surface area (Å²) in [4.78, 5) is 12.8. The van der Waals surface area contributed by atoms with Gasteiger partial charge in [0.15, 0.2) is 0 Å².